The molecule has 5 nitrogen and oxygen atoms in total. The van der Waals surface area contributed by atoms with Gasteiger partial charge in [-0.1, -0.05) is 74.7 Å². The highest BCUT2D eigenvalue weighted by Gasteiger charge is 2.33. The number of aldehydes is 1. The number of rotatable bonds is 13. The predicted molar refractivity (Wildman–Crippen MR) is 179 cm³/mol. The lowest BCUT2D eigenvalue weighted by atomic mass is 9.78. The van der Waals surface area contributed by atoms with E-state index in [1.54, 1.807) is 0 Å². The standard InChI is InChI=1S/C14H26O2.C12H24O2.C10H20O.CH4/c1-10(2)9-14-13(11(3)7-8-15)6-5-12(4)16-14;1-4-5-6-7-10-13-11-8-9-12(2,3)14-11;1-4-11-10-8(2)6-5-7-9(10)3;/h8,10-14H,5-7,9H2,1-4H3;11H,4-10H2,1-3H3;8-10H,4-7H2,1-3H3;1H4. The Morgan fingerprint density at radius 1 is 0.905 bits per heavy atom. The van der Waals surface area contributed by atoms with Crippen molar-refractivity contribution in [3.8, 4) is 0 Å². The molecule has 0 N–H and O–H groups in total. The van der Waals surface area contributed by atoms with E-state index in [-0.39, 0.29) is 19.3 Å². The minimum atomic E-state index is 0. The van der Waals surface area contributed by atoms with Gasteiger partial charge in [0.1, 0.15) is 6.29 Å². The Balaban J connectivity index is 0.000000603. The molecule has 0 aromatic carbocycles. The summed E-state index contributed by atoms with van der Waals surface area (Å²) in [4.78, 5) is 10.6. The van der Waals surface area contributed by atoms with Gasteiger partial charge < -0.3 is 23.7 Å². The third-order valence-corrected chi connectivity index (χ3v) is 9.23. The van der Waals surface area contributed by atoms with Gasteiger partial charge in [0.25, 0.3) is 0 Å². The molecule has 0 amide bonds. The Morgan fingerprint density at radius 3 is 2.10 bits per heavy atom. The second kappa shape index (κ2) is 22.9. The molecule has 2 saturated heterocycles. The van der Waals surface area contributed by atoms with Crippen LogP contribution in [0.1, 0.15) is 160 Å². The van der Waals surface area contributed by atoms with Gasteiger partial charge in [-0.3, -0.25) is 0 Å². The van der Waals surface area contributed by atoms with Crippen LogP contribution in [0.2, 0.25) is 0 Å². The van der Waals surface area contributed by atoms with Gasteiger partial charge in [0, 0.05) is 26.1 Å². The molecule has 42 heavy (non-hydrogen) atoms. The lowest BCUT2D eigenvalue weighted by Crippen LogP contribution is -2.38. The van der Waals surface area contributed by atoms with Crippen molar-refractivity contribution in [2.45, 2.75) is 190 Å². The molecule has 0 aromatic heterocycles. The number of hydrogen-bond acceptors (Lipinski definition) is 5. The van der Waals surface area contributed by atoms with Crippen molar-refractivity contribution in [2.24, 2.45) is 29.6 Å². The first-order valence-electron chi connectivity index (χ1n) is 17.4. The summed E-state index contributed by atoms with van der Waals surface area (Å²) in [5.74, 6) is 3.26. The molecule has 3 rings (SSSR count). The summed E-state index contributed by atoms with van der Waals surface area (Å²) in [6.07, 6.45) is 17.9. The molecular weight excluding hydrogens is 524 g/mol. The van der Waals surface area contributed by atoms with E-state index in [1.807, 2.05) is 0 Å². The largest absolute Gasteiger partial charge is 0.378 e. The minimum absolute atomic E-state index is 0. The van der Waals surface area contributed by atoms with Gasteiger partial charge in [0.2, 0.25) is 0 Å². The Labute approximate surface area is 262 Å². The van der Waals surface area contributed by atoms with Gasteiger partial charge in [-0.25, -0.2) is 0 Å². The van der Waals surface area contributed by atoms with E-state index in [2.05, 4.69) is 69.2 Å². The second-order valence-corrected chi connectivity index (χ2v) is 14.3. The zero-order valence-electron chi connectivity index (χ0n) is 28.9. The molecule has 5 heteroatoms. The zero-order valence-corrected chi connectivity index (χ0v) is 28.9. The molecule has 252 valence electrons. The van der Waals surface area contributed by atoms with Crippen molar-refractivity contribution in [2.75, 3.05) is 13.2 Å². The van der Waals surface area contributed by atoms with E-state index >= 15 is 0 Å². The van der Waals surface area contributed by atoms with E-state index < -0.39 is 0 Å². The third-order valence-electron chi connectivity index (χ3n) is 9.23. The topological polar surface area (TPSA) is 54.0 Å². The highest BCUT2D eigenvalue weighted by Crippen LogP contribution is 2.35. The van der Waals surface area contributed by atoms with Crippen LogP contribution in [0.4, 0.5) is 0 Å². The molecule has 2 heterocycles. The Kier molecular flexibility index (Phi) is 22.7. The zero-order chi connectivity index (χ0) is 30.8. The van der Waals surface area contributed by atoms with Crippen molar-refractivity contribution >= 4 is 6.29 Å². The van der Waals surface area contributed by atoms with Gasteiger partial charge in [-0.05, 0) is 102 Å². The molecule has 0 radical (unpaired) electrons. The van der Waals surface area contributed by atoms with Crippen molar-refractivity contribution in [1.82, 2.24) is 0 Å². The van der Waals surface area contributed by atoms with Gasteiger partial charge in [0.05, 0.1) is 23.9 Å². The highest BCUT2D eigenvalue weighted by atomic mass is 16.7. The first-order valence-corrected chi connectivity index (χ1v) is 17.4. The van der Waals surface area contributed by atoms with Crippen molar-refractivity contribution < 1.29 is 23.7 Å². The maximum absolute atomic E-state index is 10.6. The minimum Gasteiger partial charge on any atom is -0.378 e. The van der Waals surface area contributed by atoms with Gasteiger partial charge in [-0.15, -0.1) is 0 Å². The van der Waals surface area contributed by atoms with E-state index in [9.17, 15) is 4.79 Å². The molecule has 0 aromatic rings. The summed E-state index contributed by atoms with van der Waals surface area (Å²) in [6, 6.07) is 0. The quantitative estimate of drug-likeness (QED) is 0.156. The molecule has 0 bridgehead atoms. The molecule has 7 atom stereocenters. The van der Waals surface area contributed by atoms with Crippen LogP contribution in [-0.4, -0.2) is 49.7 Å². The van der Waals surface area contributed by atoms with Crippen LogP contribution in [0.5, 0.6) is 0 Å². The summed E-state index contributed by atoms with van der Waals surface area (Å²) in [7, 11) is 0. The van der Waals surface area contributed by atoms with Gasteiger partial charge >= 0.3 is 0 Å². The van der Waals surface area contributed by atoms with E-state index in [0.29, 0.717) is 42.5 Å². The Morgan fingerprint density at radius 2 is 1.57 bits per heavy atom. The summed E-state index contributed by atoms with van der Waals surface area (Å²) in [5.41, 5.74) is 0.0358. The number of carbonyl (C=O) groups is 1. The van der Waals surface area contributed by atoms with Crippen LogP contribution in [-0.2, 0) is 23.7 Å². The molecular formula is C37H74O5. The fourth-order valence-electron chi connectivity index (χ4n) is 6.73. The molecule has 1 aliphatic carbocycles. The molecule has 2 aliphatic heterocycles. The first-order chi connectivity index (χ1) is 19.4. The maximum Gasteiger partial charge on any atom is 0.158 e. The van der Waals surface area contributed by atoms with E-state index in [0.717, 1.165) is 57.0 Å². The monoisotopic (exact) mass is 599 g/mol. The van der Waals surface area contributed by atoms with Crippen LogP contribution in [0.3, 0.4) is 0 Å². The third kappa shape index (κ3) is 17.1. The fourth-order valence-corrected chi connectivity index (χ4v) is 6.73. The Hall–Kier alpha value is -0.490. The number of carbonyl (C=O) groups excluding carboxylic acids is 1. The van der Waals surface area contributed by atoms with Crippen molar-refractivity contribution in [1.29, 1.82) is 0 Å². The maximum atomic E-state index is 10.6. The molecule has 3 aliphatic rings. The van der Waals surface area contributed by atoms with Crippen molar-refractivity contribution in [3.63, 3.8) is 0 Å². The summed E-state index contributed by atoms with van der Waals surface area (Å²) in [5, 5.41) is 0. The highest BCUT2D eigenvalue weighted by molar-refractivity contribution is 5.49. The van der Waals surface area contributed by atoms with Crippen molar-refractivity contribution in [3.05, 3.63) is 0 Å². The van der Waals surface area contributed by atoms with Gasteiger partial charge in [-0.2, -0.15) is 0 Å². The lowest BCUT2D eigenvalue weighted by Gasteiger charge is -2.39. The van der Waals surface area contributed by atoms with Gasteiger partial charge in [0.15, 0.2) is 6.29 Å². The predicted octanol–water partition coefficient (Wildman–Crippen LogP) is 10.4. The van der Waals surface area contributed by atoms with E-state index in [1.165, 1.54) is 51.4 Å². The van der Waals surface area contributed by atoms with Crippen LogP contribution >= 0.6 is 0 Å². The smallest absolute Gasteiger partial charge is 0.158 e. The summed E-state index contributed by atoms with van der Waals surface area (Å²) < 4.78 is 23.2. The first kappa shape index (κ1) is 41.5. The van der Waals surface area contributed by atoms with Crippen LogP contribution in [0.25, 0.3) is 0 Å². The Bertz CT molecular complexity index is 638. The summed E-state index contributed by atoms with van der Waals surface area (Å²) >= 11 is 0. The average Bonchev–Trinajstić information content (AvgIpc) is 3.25. The number of unbranched alkanes of at least 4 members (excludes halogenated alkanes) is 3. The molecule has 1 saturated carbocycles. The van der Waals surface area contributed by atoms with Crippen LogP contribution in [0.15, 0.2) is 0 Å². The molecule has 0 spiro atoms. The number of hydrogen-bond donors (Lipinski definition) is 0. The normalized spacial score (nSPS) is 31.2. The fraction of sp³-hybridized carbons (Fsp3) is 0.973. The number of ether oxygens (including phenoxy) is 4. The SMILES string of the molecule is C.CC(C)CC1OC(C)CCC1C(C)CC=O.CCCCCCOC1CCC(C)(C)O1.CCOC1C(C)CCCC1C. The second-order valence-electron chi connectivity index (χ2n) is 14.3. The van der Waals surface area contributed by atoms with E-state index in [4.69, 9.17) is 18.9 Å². The summed E-state index contributed by atoms with van der Waals surface area (Å²) in [6.45, 7) is 23.8. The average molecular weight is 599 g/mol. The molecule has 3 fully saturated rings. The lowest BCUT2D eigenvalue weighted by molar-refractivity contribution is -0.158. The van der Waals surface area contributed by atoms with Crippen LogP contribution < -0.4 is 0 Å². The molecule has 7 unspecified atom stereocenters. The van der Waals surface area contributed by atoms with Crippen LogP contribution in [0, 0.1) is 29.6 Å².